The van der Waals surface area contributed by atoms with Crippen LogP contribution >= 0.6 is 0 Å². The molecule has 0 amide bonds. The Morgan fingerprint density at radius 1 is 1.41 bits per heavy atom. The molecular formula is C12H13N5. The number of nitrogens with zero attached hydrogens (tertiary/aromatic N) is 3. The highest BCUT2D eigenvalue weighted by Gasteiger charge is 2.08. The van der Waals surface area contributed by atoms with Crippen LogP contribution in [0.15, 0.2) is 30.6 Å². The van der Waals surface area contributed by atoms with E-state index in [9.17, 15) is 0 Å². The maximum absolute atomic E-state index is 5.74. The van der Waals surface area contributed by atoms with Crippen molar-refractivity contribution in [2.75, 3.05) is 5.73 Å². The molecule has 2 aromatic heterocycles. The highest BCUT2D eigenvalue weighted by Crippen LogP contribution is 2.17. The minimum Gasteiger partial charge on any atom is -0.399 e. The van der Waals surface area contributed by atoms with Crippen molar-refractivity contribution in [3.63, 3.8) is 0 Å². The second-order valence-corrected chi connectivity index (χ2v) is 3.90. The maximum Gasteiger partial charge on any atom is 0.213 e. The summed E-state index contributed by atoms with van der Waals surface area (Å²) in [6.07, 6.45) is 4.55. The maximum atomic E-state index is 5.74. The Labute approximate surface area is 98.3 Å². The van der Waals surface area contributed by atoms with Crippen molar-refractivity contribution in [1.29, 1.82) is 0 Å². The van der Waals surface area contributed by atoms with Gasteiger partial charge in [-0.1, -0.05) is 6.92 Å². The molecule has 0 radical (unpaired) electrons. The molecule has 0 bridgehead atoms. The summed E-state index contributed by atoms with van der Waals surface area (Å²) in [7, 11) is 0. The quantitative estimate of drug-likeness (QED) is 0.657. The third-order valence-electron chi connectivity index (χ3n) is 2.76. The molecule has 0 unspecified atom stereocenters. The molecule has 0 aliphatic rings. The van der Waals surface area contributed by atoms with Crippen LogP contribution in [0.25, 0.3) is 17.0 Å². The Balaban J connectivity index is 2.18. The summed E-state index contributed by atoms with van der Waals surface area (Å²) in [6, 6.07) is 5.64. The molecule has 0 atom stereocenters. The minimum absolute atomic E-state index is 0.731. The van der Waals surface area contributed by atoms with Gasteiger partial charge in [0.05, 0.1) is 11.0 Å². The first-order valence-electron chi connectivity index (χ1n) is 5.56. The van der Waals surface area contributed by atoms with Gasteiger partial charge in [-0.05, 0) is 18.2 Å². The number of rotatable bonds is 2. The fraction of sp³-hybridized carbons (Fsp3) is 0.167. The molecule has 0 aliphatic heterocycles. The van der Waals surface area contributed by atoms with Crippen LogP contribution in [0.5, 0.6) is 0 Å². The molecular weight excluding hydrogens is 214 g/mol. The first-order chi connectivity index (χ1) is 8.28. The number of nitrogens with one attached hydrogen (secondary N) is 1. The van der Waals surface area contributed by atoms with Crippen molar-refractivity contribution < 1.29 is 0 Å². The third kappa shape index (κ3) is 1.56. The lowest BCUT2D eigenvalue weighted by Crippen LogP contribution is -2.00. The number of fused-ring (bicyclic) bond motifs is 1. The zero-order valence-corrected chi connectivity index (χ0v) is 9.51. The number of hydrogen-bond donors (Lipinski definition) is 2. The number of aromatic nitrogens is 4. The van der Waals surface area contributed by atoms with E-state index < -0.39 is 0 Å². The standard InChI is InChI=1S/C12H13N5/c1-2-11-14-5-6-17(11)12-15-9-4-3-8(13)7-10(9)16-12/h3-7H,2,13H2,1H3,(H,15,16). The van der Waals surface area contributed by atoms with Gasteiger partial charge in [-0.3, -0.25) is 4.57 Å². The Morgan fingerprint density at radius 2 is 2.29 bits per heavy atom. The zero-order valence-electron chi connectivity index (χ0n) is 9.51. The van der Waals surface area contributed by atoms with E-state index in [0.717, 1.165) is 34.9 Å². The largest absolute Gasteiger partial charge is 0.399 e. The van der Waals surface area contributed by atoms with Crippen LogP contribution in [0, 0.1) is 0 Å². The summed E-state index contributed by atoms with van der Waals surface area (Å²) in [5, 5.41) is 0. The zero-order chi connectivity index (χ0) is 11.8. The van der Waals surface area contributed by atoms with Gasteiger partial charge in [-0.2, -0.15) is 0 Å². The molecule has 1 aromatic carbocycles. The molecule has 0 saturated carbocycles. The molecule has 0 saturated heterocycles. The lowest BCUT2D eigenvalue weighted by atomic mass is 10.3. The van der Waals surface area contributed by atoms with E-state index in [4.69, 9.17) is 5.73 Å². The van der Waals surface area contributed by atoms with Crippen LogP contribution in [0.4, 0.5) is 5.69 Å². The molecule has 0 aliphatic carbocycles. The second kappa shape index (κ2) is 3.62. The molecule has 3 N–H and O–H groups in total. The number of anilines is 1. The topological polar surface area (TPSA) is 72.5 Å². The predicted molar refractivity (Wildman–Crippen MR) is 67.0 cm³/mol. The number of H-pyrrole nitrogens is 1. The van der Waals surface area contributed by atoms with Crippen molar-refractivity contribution in [3.8, 4) is 5.95 Å². The van der Waals surface area contributed by atoms with Crippen LogP contribution in [0.3, 0.4) is 0 Å². The second-order valence-electron chi connectivity index (χ2n) is 3.90. The summed E-state index contributed by atoms with van der Waals surface area (Å²) in [4.78, 5) is 12.0. The average Bonchev–Trinajstić information content (AvgIpc) is 2.93. The smallest absolute Gasteiger partial charge is 0.213 e. The van der Waals surface area contributed by atoms with Crippen LogP contribution in [-0.4, -0.2) is 19.5 Å². The monoisotopic (exact) mass is 227 g/mol. The molecule has 3 rings (SSSR count). The van der Waals surface area contributed by atoms with Crippen molar-refractivity contribution in [3.05, 3.63) is 36.4 Å². The summed E-state index contributed by atoms with van der Waals surface area (Å²) < 4.78 is 1.95. The van der Waals surface area contributed by atoms with Crippen molar-refractivity contribution in [2.24, 2.45) is 0 Å². The molecule has 3 aromatic rings. The Morgan fingerprint density at radius 3 is 3.12 bits per heavy atom. The van der Waals surface area contributed by atoms with Gasteiger partial charge in [0.15, 0.2) is 0 Å². The first kappa shape index (κ1) is 9.89. The molecule has 17 heavy (non-hydrogen) atoms. The minimum atomic E-state index is 0.731. The van der Waals surface area contributed by atoms with E-state index >= 15 is 0 Å². The normalized spacial score (nSPS) is 11.1. The van der Waals surface area contributed by atoms with E-state index in [1.54, 1.807) is 6.20 Å². The van der Waals surface area contributed by atoms with Gasteiger partial charge in [0.1, 0.15) is 5.82 Å². The summed E-state index contributed by atoms with van der Waals surface area (Å²) >= 11 is 0. The van der Waals surface area contributed by atoms with E-state index in [0.29, 0.717) is 0 Å². The van der Waals surface area contributed by atoms with E-state index in [-0.39, 0.29) is 0 Å². The van der Waals surface area contributed by atoms with Gasteiger partial charge >= 0.3 is 0 Å². The molecule has 5 nitrogen and oxygen atoms in total. The van der Waals surface area contributed by atoms with Crippen molar-refractivity contribution in [1.82, 2.24) is 19.5 Å². The Bertz CT molecular complexity index is 664. The van der Waals surface area contributed by atoms with Crippen LogP contribution < -0.4 is 5.73 Å². The fourth-order valence-corrected chi connectivity index (χ4v) is 1.92. The van der Waals surface area contributed by atoms with Gasteiger partial charge in [-0.25, -0.2) is 9.97 Å². The third-order valence-corrected chi connectivity index (χ3v) is 2.76. The predicted octanol–water partition coefficient (Wildman–Crippen LogP) is 1.89. The number of aromatic amines is 1. The summed E-state index contributed by atoms with van der Waals surface area (Å²) in [5.41, 5.74) is 8.32. The Kier molecular flexibility index (Phi) is 2.11. The molecule has 2 heterocycles. The summed E-state index contributed by atoms with van der Waals surface area (Å²) in [6.45, 7) is 2.07. The van der Waals surface area contributed by atoms with Gasteiger partial charge in [0.25, 0.3) is 0 Å². The fourth-order valence-electron chi connectivity index (χ4n) is 1.92. The lowest BCUT2D eigenvalue weighted by molar-refractivity contribution is 0.854. The molecule has 5 heteroatoms. The van der Waals surface area contributed by atoms with Crippen LogP contribution in [-0.2, 0) is 6.42 Å². The lowest BCUT2D eigenvalue weighted by Gasteiger charge is -2.00. The molecule has 0 spiro atoms. The number of hydrogen-bond acceptors (Lipinski definition) is 3. The molecule has 86 valence electrons. The van der Waals surface area contributed by atoms with E-state index in [2.05, 4.69) is 21.9 Å². The van der Waals surface area contributed by atoms with Crippen molar-refractivity contribution >= 4 is 16.7 Å². The highest BCUT2D eigenvalue weighted by molar-refractivity contribution is 5.79. The number of benzene rings is 1. The van der Waals surface area contributed by atoms with Crippen LogP contribution in [0.1, 0.15) is 12.7 Å². The number of nitrogens with two attached hydrogens (primary N) is 1. The SMILES string of the molecule is CCc1nccn1-c1nc2ccc(N)cc2[nH]1. The highest BCUT2D eigenvalue weighted by atomic mass is 15.2. The summed E-state index contributed by atoms with van der Waals surface area (Å²) in [5.74, 6) is 1.76. The molecule has 0 fully saturated rings. The first-order valence-corrected chi connectivity index (χ1v) is 5.56. The average molecular weight is 227 g/mol. The number of nitrogen functional groups attached to an aromatic ring is 1. The van der Waals surface area contributed by atoms with Gasteiger partial charge in [0, 0.05) is 24.5 Å². The number of imidazole rings is 2. The van der Waals surface area contributed by atoms with Crippen LogP contribution in [0.2, 0.25) is 0 Å². The Hall–Kier alpha value is -2.30. The number of aryl methyl sites for hydroxylation is 1. The van der Waals surface area contributed by atoms with E-state index in [1.807, 2.05) is 29.0 Å². The van der Waals surface area contributed by atoms with Gasteiger partial charge in [-0.15, -0.1) is 0 Å². The van der Waals surface area contributed by atoms with E-state index in [1.165, 1.54) is 0 Å². The van der Waals surface area contributed by atoms with Crippen molar-refractivity contribution in [2.45, 2.75) is 13.3 Å². The van der Waals surface area contributed by atoms with Gasteiger partial charge in [0.2, 0.25) is 5.95 Å². The van der Waals surface area contributed by atoms with Gasteiger partial charge < -0.3 is 10.7 Å².